The molecule has 30 heavy (non-hydrogen) atoms. The molecule has 0 amide bonds. The molecule has 3 aromatic rings. The zero-order valence-corrected chi connectivity index (χ0v) is 18.0. The fourth-order valence-electron chi connectivity index (χ4n) is 3.69. The first-order valence-corrected chi connectivity index (χ1v) is 10.6. The van der Waals surface area contributed by atoms with Gasteiger partial charge in [0.15, 0.2) is 11.5 Å². The lowest BCUT2D eigenvalue weighted by atomic mass is 10.1. The van der Waals surface area contributed by atoms with Crippen LogP contribution in [0.1, 0.15) is 29.4 Å². The predicted octanol–water partition coefficient (Wildman–Crippen LogP) is 4.49. The highest BCUT2D eigenvalue weighted by Crippen LogP contribution is 2.28. The van der Waals surface area contributed by atoms with Crippen LogP contribution >= 0.6 is 11.6 Å². The van der Waals surface area contributed by atoms with Gasteiger partial charge in [-0.15, -0.1) is 0 Å². The van der Waals surface area contributed by atoms with Crippen LogP contribution in [-0.4, -0.2) is 48.7 Å². The molecule has 156 valence electrons. The molecule has 2 aromatic carbocycles. The molecule has 0 aliphatic carbocycles. The minimum absolute atomic E-state index is 0.287. The van der Waals surface area contributed by atoms with Crippen LogP contribution in [-0.2, 0) is 4.74 Å². The third-order valence-electron chi connectivity index (χ3n) is 5.27. The molecular weight excluding hydrogens is 400 g/mol. The Morgan fingerprint density at radius 3 is 2.40 bits per heavy atom. The summed E-state index contributed by atoms with van der Waals surface area (Å²) in [4.78, 5) is 26.5. The molecule has 4 rings (SSSR count). The molecule has 1 aromatic heterocycles. The summed E-state index contributed by atoms with van der Waals surface area (Å²) in [6, 6.07) is 13.6. The number of piperazine rings is 1. The first-order valence-electron chi connectivity index (χ1n) is 10.3. The number of nitrogens with zero attached hydrogens (tertiary/aromatic N) is 4. The molecule has 0 N–H and O–H groups in total. The van der Waals surface area contributed by atoms with Crippen molar-refractivity contribution in [3.8, 4) is 0 Å². The zero-order valence-electron chi connectivity index (χ0n) is 17.3. The fraction of sp³-hybridized carbons (Fsp3) is 0.348. The van der Waals surface area contributed by atoms with E-state index in [-0.39, 0.29) is 5.69 Å². The highest BCUT2D eigenvalue weighted by atomic mass is 35.5. The minimum Gasteiger partial charge on any atom is -0.461 e. The molecule has 0 bridgehead atoms. The summed E-state index contributed by atoms with van der Waals surface area (Å²) >= 11 is 6.21. The molecular formula is C23H25ClN4O2. The molecule has 0 saturated carbocycles. The first-order chi connectivity index (χ1) is 14.6. The standard InChI is InChI=1S/C23H25ClN4O2/c1-3-14-30-23(29)21-22(26-19-7-5-4-6-18(19)25-21)28-12-10-27(11-13-28)20-15-17(24)9-8-16(20)2/h4-9,15H,3,10-14H2,1-2H3. The van der Waals surface area contributed by atoms with Crippen LogP contribution in [0.4, 0.5) is 11.5 Å². The number of benzene rings is 2. The zero-order chi connectivity index (χ0) is 21.1. The van der Waals surface area contributed by atoms with Crippen LogP contribution in [0.2, 0.25) is 5.02 Å². The van der Waals surface area contributed by atoms with E-state index in [1.165, 1.54) is 5.56 Å². The molecule has 6 nitrogen and oxygen atoms in total. The van der Waals surface area contributed by atoms with Crippen molar-refractivity contribution in [1.82, 2.24) is 9.97 Å². The number of rotatable bonds is 5. The molecule has 1 saturated heterocycles. The number of halogens is 1. The second-order valence-corrected chi connectivity index (χ2v) is 7.86. The van der Waals surface area contributed by atoms with Crippen molar-refractivity contribution in [2.24, 2.45) is 0 Å². The molecule has 0 spiro atoms. The van der Waals surface area contributed by atoms with Crippen molar-refractivity contribution < 1.29 is 9.53 Å². The van der Waals surface area contributed by atoms with E-state index in [2.05, 4.69) is 21.7 Å². The SMILES string of the molecule is CCCOC(=O)c1nc2ccccc2nc1N1CCN(c2cc(Cl)ccc2C)CC1. The molecule has 1 aliphatic heterocycles. The third-order valence-corrected chi connectivity index (χ3v) is 5.51. The first kappa shape index (κ1) is 20.4. The highest BCUT2D eigenvalue weighted by Gasteiger charge is 2.26. The summed E-state index contributed by atoms with van der Waals surface area (Å²) in [6.45, 7) is 7.50. The van der Waals surface area contributed by atoms with Gasteiger partial charge in [0.2, 0.25) is 0 Å². The minimum atomic E-state index is -0.418. The van der Waals surface area contributed by atoms with E-state index in [1.54, 1.807) is 0 Å². The van der Waals surface area contributed by atoms with Crippen molar-refractivity contribution in [2.45, 2.75) is 20.3 Å². The quantitative estimate of drug-likeness (QED) is 0.562. The number of fused-ring (bicyclic) bond motifs is 1. The fourth-order valence-corrected chi connectivity index (χ4v) is 3.86. The van der Waals surface area contributed by atoms with Crippen molar-refractivity contribution in [2.75, 3.05) is 42.6 Å². The van der Waals surface area contributed by atoms with E-state index < -0.39 is 5.97 Å². The molecule has 0 radical (unpaired) electrons. The summed E-state index contributed by atoms with van der Waals surface area (Å²) in [7, 11) is 0. The van der Waals surface area contributed by atoms with E-state index in [1.807, 2.05) is 49.4 Å². The van der Waals surface area contributed by atoms with Crippen molar-refractivity contribution in [1.29, 1.82) is 0 Å². The van der Waals surface area contributed by atoms with Crippen molar-refractivity contribution >= 4 is 40.1 Å². The molecule has 0 atom stereocenters. The number of aromatic nitrogens is 2. The lowest BCUT2D eigenvalue weighted by Gasteiger charge is -2.37. The van der Waals surface area contributed by atoms with Crippen LogP contribution in [0.3, 0.4) is 0 Å². The Morgan fingerprint density at radius 2 is 1.70 bits per heavy atom. The molecule has 1 aliphatic rings. The number of aryl methyl sites for hydroxylation is 1. The van der Waals surface area contributed by atoms with Crippen LogP contribution in [0, 0.1) is 6.92 Å². The van der Waals surface area contributed by atoms with Crippen molar-refractivity contribution in [3.05, 3.63) is 58.7 Å². The van der Waals surface area contributed by atoms with E-state index in [9.17, 15) is 4.79 Å². The number of carbonyl (C=O) groups excluding carboxylic acids is 1. The summed E-state index contributed by atoms with van der Waals surface area (Å²) in [5.41, 5.74) is 4.09. The van der Waals surface area contributed by atoms with E-state index in [0.717, 1.165) is 48.8 Å². The smallest absolute Gasteiger partial charge is 0.360 e. The maximum absolute atomic E-state index is 12.7. The lowest BCUT2D eigenvalue weighted by Crippen LogP contribution is -2.47. The van der Waals surface area contributed by atoms with Crippen LogP contribution < -0.4 is 9.80 Å². The van der Waals surface area contributed by atoms with Gasteiger partial charge < -0.3 is 14.5 Å². The summed E-state index contributed by atoms with van der Waals surface area (Å²) in [6.07, 6.45) is 0.764. The average Bonchev–Trinajstić information content (AvgIpc) is 2.78. The molecule has 2 heterocycles. The normalized spacial score (nSPS) is 14.2. The lowest BCUT2D eigenvalue weighted by molar-refractivity contribution is 0.0499. The molecule has 7 heteroatoms. The Balaban J connectivity index is 1.61. The summed E-state index contributed by atoms with van der Waals surface area (Å²) in [5.74, 6) is 0.176. The van der Waals surface area contributed by atoms with Gasteiger partial charge in [-0.3, -0.25) is 0 Å². The monoisotopic (exact) mass is 424 g/mol. The maximum Gasteiger partial charge on any atom is 0.360 e. The van der Waals surface area contributed by atoms with Gasteiger partial charge in [0.1, 0.15) is 0 Å². The van der Waals surface area contributed by atoms with Crippen LogP contribution in [0.25, 0.3) is 11.0 Å². The van der Waals surface area contributed by atoms with Gasteiger partial charge in [0.25, 0.3) is 0 Å². The third kappa shape index (κ3) is 4.19. The summed E-state index contributed by atoms with van der Waals surface area (Å²) < 4.78 is 5.38. The second-order valence-electron chi connectivity index (χ2n) is 7.43. The van der Waals surface area contributed by atoms with Crippen LogP contribution in [0.15, 0.2) is 42.5 Å². The topological polar surface area (TPSA) is 58.6 Å². The molecule has 0 unspecified atom stereocenters. The van der Waals surface area contributed by atoms with Gasteiger partial charge in [-0.25, -0.2) is 14.8 Å². The van der Waals surface area contributed by atoms with Crippen LogP contribution in [0.5, 0.6) is 0 Å². The number of anilines is 2. The number of para-hydroxylation sites is 2. The van der Waals surface area contributed by atoms with Crippen molar-refractivity contribution in [3.63, 3.8) is 0 Å². The van der Waals surface area contributed by atoms with Gasteiger partial charge >= 0.3 is 5.97 Å². The Hall–Kier alpha value is -2.86. The largest absolute Gasteiger partial charge is 0.461 e. The Bertz CT molecular complexity index is 1060. The predicted molar refractivity (Wildman–Crippen MR) is 121 cm³/mol. The second kappa shape index (κ2) is 8.88. The van der Waals surface area contributed by atoms with Gasteiger partial charge in [-0.2, -0.15) is 0 Å². The number of esters is 1. The van der Waals surface area contributed by atoms with Gasteiger partial charge in [0, 0.05) is 36.9 Å². The number of hydrogen-bond acceptors (Lipinski definition) is 6. The summed E-state index contributed by atoms with van der Waals surface area (Å²) in [5, 5.41) is 0.736. The average molecular weight is 425 g/mol. The van der Waals surface area contributed by atoms with Gasteiger partial charge in [0.05, 0.1) is 17.6 Å². The Morgan fingerprint density at radius 1 is 1.03 bits per heavy atom. The van der Waals surface area contributed by atoms with E-state index >= 15 is 0 Å². The molecule has 1 fully saturated rings. The Kier molecular flexibility index (Phi) is 6.04. The van der Waals surface area contributed by atoms with E-state index in [0.29, 0.717) is 17.9 Å². The highest BCUT2D eigenvalue weighted by molar-refractivity contribution is 6.30. The number of hydrogen-bond donors (Lipinski definition) is 0. The van der Waals surface area contributed by atoms with Gasteiger partial charge in [-0.1, -0.05) is 36.7 Å². The maximum atomic E-state index is 12.7. The Labute approximate surface area is 181 Å². The number of ether oxygens (including phenoxy) is 1. The number of carbonyl (C=O) groups is 1. The van der Waals surface area contributed by atoms with E-state index in [4.69, 9.17) is 21.3 Å². The van der Waals surface area contributed by atoms with Gasteiger partial charge in [-0.05, 0) is 43.2 Å².